The van der Waals surface area contributed by atoms with Crippen LogP contribution in [-0.4, -0.2) is 21.6 Å². The van der Waals surface area contributed by atoms with Crippen LogP contribution < -0.4 is 0 Å². The van der Waals surface area contributed by atoms with Crippen LogP contribution in [0.3, 0.4) is 0 Å². The van der Waals surface area contributed by atoms with E-state index in [4.69, 9.17) is 8.92 Å². The third kappa shape index (κ3) is 6.09. The molecule has 0 fully saturated rings. The van der Waals surface area contributed by atoms with Crippen LogP contribution in [0.2, 0.25) is 0 Å². The molecule has 1 rings (SSSR count). The van der Waals surface area contributed by atoms with Crippen molar-refractivity contribution >= 4 is 10.1 Å². The molecule has 1 aromatic rings. The molecule has 17 heavy (non-hydrogen) atoms. The smallest absolute Gasteiger partial charge is 0.271 e. The van der Waals surface area contributed by atoms with Crippen molar-refractivity contribution in [1.29, 1.82) is 0 Å². The van der Waals surface area contributed by atoms with Crippen molar-refractivity contribution in [1.82, 2.24) is 0 Å². The third-order valence-corrected chi connectivity index (χ3v) is 3.19. The molecule has 0 heterocycles. The highest BCUT2D eigenvalue weighted by atomic mass is 32.2. The molecule has 0 saturated carbocycles. The Morgan fingerprint density at radius 2 is 1.88 bits per heavy atom. The second-order valence-electron chi connectivity index (χ2n) is 3.40. The zero-order chi connectivity index (χ0) is 12.6. The number of benzene rings is 1. The minimum Gasteiger partial charge on any atom is -0.502 e. The van der Waals surface area contributed by atoms with Crippen LogP contribution in [0.4, 0.5) is 0 Å². The van der Waals surface area contributed by atoms with Crippen LogP contribution in [-0.2, 0) is 24.8 Å². The van der Waals surface area contributed by atoms with Gasteiger partial charge in [-0.25, -0.2) is 0 Å². The molecule has 1 aromatic carbocycles. The van der Waals surface area contributed by atoms with Crippen LogP contribution in [0.25, 0.3) is 0 Å². The number of ether oxygens (including phenoxy) is 1. The van der Waals surface area contributed by atoms with Crippen molar-refractivity contribution in [3.63, 3.8) is 0 Å². The van der Waals surface area contributed by atoms with Crippen molar-refractivity contribution in [2.75, 3.05) is 13.2 Å². The van der Waals surface area contributed by atoms with E-state index in [1.807, 2.05) is 6.07 Å². The maximum Gasteiger partial charge on any atom is 0.271 e. The second-order valence-corrected chi connectivity index (χ2v) is 5.04. The first-order valence-corrected chi connectivity index (χ1v) is 6.85. The van der Waals surface area contributed by atoms with Gasteiger partial charge in [0.25, 0.3) is 10.1 Å². The summed E-state index contributed by atoms with van der Waals surface area (Å²) in [6, 6.07) is 8.93. The zero-order valence-corrected chi connectivity index (χ0v) is 10.4. The molecule has 0 radical (unpaired) electrons. The summed E-state index contributed by atoms with van der Waals surface area (Å²) in [5.41, 5.74) is 0.717. The normalized spacial score (nSPS) is 11.1. The summed E-state index contributed by atoms with van der Waals surface area (Å²) in [5.74, 6) is -0.101. The fourth-order valence-electron chi connectivity index (χ4n) is 1.23. The van der Waals surface area contributed by atoms with Crippen LogP contribution in [0.1, 0.15) is 12.0 Å². The molecule has 0 unspecified atom stereocenters. The monoisotopic (exact) mass is 256 g/mol. The first-order chi connectivity index (χ1) is 8.14. The van der Waals surface area contributed by atoms with Crippen molar-refractivity contribution in [2.24, 2.45) is 0 Å². The van der Waals surface area contributed by atoms with Gasteiger partial charge in [-0.1, -0.05) is 36.9 Å². The van der Waals surface area contributed by atoms with Gasteiger partial charge in [-0.15, -0.1) is 0 Å². The van der Waals surface area contributed by atoms with Crippen molar-refractivity contribution in [2.45, 2.75) is 12.2 Å². The average Bonchev–Trinajstić information content (AvgIpc) is 2.29. The average molecular weight is 256 g/mol. The Bertz CT molecular complexity index is 425. The lowest BCUT2D eigenvalue weighted by Gasteiger charge is -2.05. The molecule has 0 aliphatic rings. The van der Waals surface area contributed by atoms with E-state index < -0.39 is 10.1 Å². The summed E-state index contributed by atoms with van der Waals surface area (Å²) in [7, 11) is -3.50. The van der Waals surface area contributed by atoms with Gasteiger partial charge < -0.3 is 4.74 Å². The highest BCUT2D eigenvalue weighted by Crippen LogP contribution is 2.07. The lowest BCUT2D eigenvalue weighted by atomic mass is 10.2. The van der Waals surface area contributed by atoms with Gasteiger partial charge in [0.05, 0.1) is 19.5 Å². The quantitative estimate of drug-likeness (QED) is 0.406. The van der Waals surface area contributed by atoms with Gasteiger partial charge in [0, 0.05) is 6.42 Å². The van der Waals surface area contributed by atoms with E-state index in [1.165, 1.54) is 6.26 Å². The SMILES string of the molecule is C=COCCCOS(=O)(=O)Cc1ccccc1. The molecule has 0 amide bonds. The van der Waals surface area contributed by atoms with Gasteiger partial charge in [0.1, 0.15) is 5.75 Å². The standard InChI is InChI=1S/C12H16O4S/c1-2-15-9-6-10-16-17(13,14)11-12-7-4-3-5-8-12/h2-5,7-8H,1,6,9-11H2. The molecule has 0 aliphatic heterocycles. The lowest BCUT2D eigenvalue weighted by molar-refractivity contribution is 0.212. The minimum atomic E-state index is -3.50. The summed E-state index contributed by atoms with van der Waals surface area (Å²) < 4.78 is 32.8. The van der Waals surface area contributed by atoms with Gasteiger partial charge >= 0.3 is 0 Å². The Morgan fingerprint density at radius 1 is 1.18 bits per heavy atom. The predicted molar refractivity (Wildman–Crippen MR) is 65.8 cm³/mol. The Labute approximate surface area is 102 Å². The van der Waals surface area contributed by atoms with Gasteiger partial charge in [0.2, 0.25) is 0 Å². The molecule has 0 bridgehead atoms. The molecule has 5 heteroatoms. The molecule has 0 atom stereocenters. The molecule has 0 N–H and O–H groups in total. The second kappa shape index (κ2) is 7.09. The summed E-state index contributed by atoms with van der Waals surface area (Å²) in [5, 5.41) is 0. The maximum absolute atomic E-state index is 11.5. The van der Waals surface area contributed by atoms with Gasteiger partial charge in [-0.2, -0.15) is 8.42 Å². The Hall–Kier alpha value is -1.33. The molecular weight excluding hydrogens is 240 g/mol. The lowest BCUT2D eigenvalue weighted by Crippen LogP contribution is -2.10. The van der Waals surface area contributed by atoms with E-state index in [1.54, 1.807) is 24.3 Å². The summed E-state index contributed by atoms with van der Waals surface area (Å²) in [6.45, 7) is 3.92. The third-order valence-electron chi connectivity index (χ3n) is 1.97. The highest BCUT2D eigenvalue weighted by Gasteiger charge is 2.11. The fraction of sp³-hybridized carbons (Fsp3) is 0.333. The van der Waals surface area contributed by atoms with Crippen molar-refractivity contribution < 1.29 is 17.3 Å². The van der Waals surface area contributed by atoms with E-state index in [0.29, 0.717) is 13.0 Å². The van der Waals surface area contributed by atoms with Crippen LogP contribution >= 0.6 is 0 Å². The van der Waals surface area contributed by atoms with Crippen LogP contribution in [0.5, 0.6) is 0 Å². The minimum absolute atomic E-state index is 0.101. The van der Waals surface area contributed by atoms with E-state index >= 15 is 0 Å². The molecular formula is C12H16O4S. The zero-order valence-electron chi connectivity index (χ0n) is 9.54. The van der Waals surface area contributed by atoms with Gasteiger partial charge in [0.15, 0.2) is 0 Å². The molecule has 0 aromatic heterocycles. The Balaban J connectivity index is 2.34. The molecule has 0 aliphatic carbocycles. The molecule has 0 spiro atoms. The van der Waals surface area contributed by atoms with E-state index in [2.05, 4.69) is 6.58 Å². The number of hydrogen-bond acceptors (Lipinski definition) is 4. The number of rotatable bonds is 8. The maximum atomic E-state index is 11.5. The fourth-order valence-corrected chi connectivity index (χ4v) is 2.29. The van der Waals surface area contributed by atoms with E-state index in [0.717, 1.165) is 5.56 Å². The first kappa shape index (κ1) is 13.7. The summed E-state index contributed by atoms with van der Waals surface area (Å²) >= 11 is 0. The predicted octanol–water partition coefficient (Wildman–Crippen LogP) is 2.08. The number of hydrogen-bond donors (Lipinski definition) is 0. The largest absolute Gasteiger partial charge is 0.502 e. The van der Waals surface area contributed by atoms with Crippen molar-refractivity contribution in [3.8, 4) is 0 Å². The van der Waals surface area contributed by atoms with Crippen molar-refractivity contribution in [3.05, 3.63) is 48.7 Å². The van der Waals surface area contributed by atoms with E-state index in [9.17, 15) is 8.42 Å². The topological polar surface area (TPSA) is 52.6 Å². The summed E-state index contributed by atoms with van der Waals surface area (Å²) in [6.07, 6.45) is 1.83. The van der Waals surface area contributed by atoms with Crippen LogP contribution in [0.15, 0.2) is 43.2 Å². The molecule has 94 valence electrons. The van der Waals surface area contributed by atoms with Gasteiger partial charge in [-0.3, -0.25) is 4.18 Å². The highest BCUT2D eigenvalue weighted by molar-refractivity contribution is 7.85. The first-order valence-electron chi connectivity index (χ1n) is 5.27. The summed E-state index contributed by atoms with van der Waals surface area (Å²) in [4.78, 5) is 0. The Kier molecular flexibility index (Phi) is 5.72. The van der Waals surface area contributed by atoms with Crippen LogP contribution in [0, 0.1) is 0 Å². The van der Waals surface area contributed by atoms with Gasteiger partial charge in [-0.05, 0) is 5.56 Å². The molecule has 0 saturated heterocycles. The Morgan fingerprint density at radius 3 is 2.53 bits per heavy atom. The molecule has 4 nitrogen and oxygen atoms in total. The van der Waals surface area contributed by atoms with E-state index in [-0.39, 0.29) is 12.4 Å².